The number of pyridine rings is 1. The lowest BCUT2D eigenvalue weighted by Gasteiger charge is -1.96. The van der Waals surface area contributed by atoms with Gasteiger partial charge in [0.15, 0.2) is 0 Å². The first-order chi connectivity index (χ1) is 7.68. The summed E-state index contributed by atoms with van der Waals surface area (Å²) in [5.74, 6) is 0. The van der Waals surface area contributed by atoms with Crippen LogP contribution >= 0.6 is 11.6 Å². The highest BCUT2D eigenvalue weighted by Crippen LogP contribution is 2.19. The van der Waals surface area contributed by atoms with Crippen molar-refractivity contribution in [3.63, 3.8) is 0 Å². The second-order valence-electron chi connectivity index (χ2n) is 2.91. The van der Waals surface area contributed by atoms with Gasteiger partial charge in [0, 0.05) is 18.1 Å². The molecule has 0 unspecified atom stereocenters. The Bertz CT molecular complexity index is 433. The summed E-state index contributed by atoms with van der Waals surface area (Å²) >= 11 is 5.76. The van der Waals surface area contributed by atoms with Crippen LogP contribution in [-0.4, -0.2) is 9.55 Å². The van der Waals surface area contributed by atoms with E-state index in [1.807, 2.05) is 40.8 Å². The van der Waals surface area contributed by atoms with Gasteiger partial charge < -0.3 is 4.57 Å². The maximum atomic E-state index is 5.76. The van der Waals surface area contributed by atoms with Crippen molar-refractivity contribution in [1.29, 1.82) is 0 Å². The molecule has 2 nitrogen and oxygen atoms in total. The van der Waals surface area contributed by atoms with Gasteiger partial charge >= 0.3 is 0 Å². The van der Waals surface area contributed by atoms with E-state index in [1.165, 1.54) is 5.69 Å². The second kappa shape index (κ2) is 7.29. The van der Waals surface area contributed by atoms with Crippen LogP contribution in [-0.2, 0) is 7.05 Å². The Morgan fingerprint density at radius 2 is 1.69 bits per heavy atom. The molecule has 0 spiro atoms. The third-order valence-corrected chi connectivity index (χ3v) is 2.34. The van der Waals surface area contributed by atoms with Crippen LogP contribution in [0.3, 0.4) is 0 Å². The largest absolute Gasteiger partial charge is 0.347 e. The molecule has 0 fully saturated rings. The van der Waals surface area contributed by atoms with Crippen molar-refractivity contribution in [3.05, 3.63) is 29.2 Å². The fraction of sp³-hybridized carbons (Fsp3) is 0.462. The number of nitrogens with zero attached hydrogens (tertiary/aromatic N) is 2. The van der Waals surface area contributed by atoms with Gasteiger partial charge in [-0.1, -0.05) is 39.3 Å². The smallest absolute Gasteiger partial charge is 0.129 e. The average Bonchev–Trinajstić information content (AvgIpc) is 2.60. The maximum absolute atomic E-state index is 5.76. The fourth-order valence-corrected chi connectivity index (χ4v) is 1.51. The van der Waals surface area contributed by atoms with Gasteiger partial charge in [0.2, 0.25) is 0 Å². The molecule has 0 N–H and O–H groups in total. The first kappa shape index (κ1) is 15.0. The first-order valence-corrected chi connectivity index (χ1v) is 6.14. The Labute approximate surface area is 103 Å². The molecule has 90 valence electrons. The van der Waals surface area contributed by atoms with Crippen molar-refractivity contribution in [2.24, 2.45) is 7.05 Å². The molecule has 2 rings (SSSR count). The molecule has 0 bridgehead atoms. The van der Waals surface area contributed by atoms with Crippen molar-refractivity contribution in [3.8, 4) is 0 Å². The first-order valence-electron chi connectivity index (χ1n) is 5.76. The number of aromatic nitrogens is 2. The summed E-state index contributed by atoms with van der Waals surface area (Å²) in [6.45, 7) is 10.1. The van der Waals surface area contributed by atoms with E-state index in [2.05, 4.69) is 22.5 Å². The lowest BCUT2D eigenvalue weighted by Crippen LogP contribution is -1.89. The molecule has 0 saturated carbocycles. The minimum atomic E-state index is 0.549. The van der Waals surface area contributed by atoms with Gasteiger partial charge in [0.05, 0.1) is 11.7 Å². The summed E-state index contributed by atoms with van der Waals surface area (Å²) in [5.41, 5.74) is 2.34. The zero-order valence-electron chi connectivity index (χ0n) is 11.0. The van der Waals surface area contributed by atoms with Crippen molar-refractivity contribution >= 4 is 22.5 Å². The van der Waals surface area contributed by atoms with Crippen molar-refractivity contribution in [1.82, 2.24) is 9.55 Å². The summed E-state index contributed by atoms with van der Waals surface area (Å²) in [6, 6.07) is 3.98. The summed E-state index contributed by atoms with van der Waals surface area (Å²) in [6.07, 6.45) is 1.80. The highest BCUT2D eigenvalue weighted by Gasteiger charge is 2.02. The molecule has 0 atom stereocenters. The van der Waals surface area contributed by atoms with Crippen LogP contribution < -0.4 is 0 Å². The van der Waals surface area contributed by atoms with Gasteiger partial charge in [-0.25, -0.2) is 4.98 Å². The Morgan fingerprint density at radius 1 is 1.12 bits per heavy atom. The average molecular weight is 241 g/mol. The molecule has 0 aromatic carbocycles. The van der Waals surface area contributed by atoms with Crippen molar-refractivity contribution in [2.75, 3.05) is 0 Å². The summed E-state index contributed by atoms with van der Waals surface area (Å²) in [4.78, 5) is 4.03. The van der Waals surface area contributed by atoms with Crippen LogP contribution in [0.1, 0.15) is 33.4 Å². The van der Waals surface area contributed by atoms with E-state index in [0.29, 0.717) is 5.15 Å². The van der Waals surface area contributed by atoms with E-state index in [-0.39, 0.29) is 0 Å². The molecule has 2 aromatic heterocycles. The zero-order valence-corrected chi connectivity index (χ0v) is 11.8. The number of aryl methyl sites for hydroxylation is 2. The number of hydrogen-bond acceptors (Lipinski definition) is 1. The molecule has 2 aromatic rings. The molecule has 0 amide bonds. The van der Waals surface area contributed by atoms with Crippen LogP contribution in [0.4, 0.5) is 0 Å². The Hall–Kier alpha value is -1.02. The summed E-state index contributed by atoms with van der Waals surface area (Å²) in [5, 5.41) is 1.70. The standard InChI is InChI=1S/C9H9ClN2.2C2H6/c1-6-3-7-4-9(10)11-5-8(7)12(6)2;2*1-2/h3-5H,1-2H3;2*1-2H3. The lowest BCUT2D eigenvalue weighted by atomic mass is 10.3. The zero-order chi connectivity index (χ0) is 12.7. The number of rotatable bonds is 0. The second-order valence-corrected chi connectivity index (χ2v) is 3.30. The molecule has 3 heteroatoms. The van der Waals surface area contributed by atoms with Gasteiger partial charge in [-0.15, -0.1) is 0 Å². The molecular weight excluding hydrogens is 220 g/mol. The Balaban J connectivity index is 0.000000509. The lowest BCUT2D eigenvalue weighted by molar-refractivity contribution is 0.915. The van der Waals surface area contributed by atoms with Gasteiger partial charge in [-0.05, 0) is 19.1 Å². The van der Waals surface area contributed by atoms with E-state index in [9.17, 15) is 0 Å². The van der Waals surface area contributed by atoms with E-state index in [4.69, 9.17) is 11.6 Å². The van der Waals surface area contributed by atoms with Crippen LogP contribution in [0.15, 0.2) is 18.3 Å². The van der Waals surface area contributed by atoms with Crippen LogP contribution in [0.5, 0.6) is 0 Å². The van der Waals surface area contributed by atoms with Gasteiger partial charge in [0.25, 0.3) is 0 Å². The van der Waals surface area contributed by atoms with Gasteiger partial charge in [-0.2, -0.15) is 0 Å². The molecule has 0 aliphatic carbocycles. The molecule has 0 radical (unpaired) electrons. The molecule has 0 aliphatic rings. The van der Waals surface area contributed by atoms with E-state index >= 15 is 0 Å². The highest BCUT2D eigenvalue weighted by atomic mass is 35.5. The SMILES string of the molecule is CC.CC.Cc1cc2cc(Cl)ncc2n1C. The van der Waals surface area contributed by atoms with Gasteiger partial charge in [-0.3, -0.25) is 0 Å². The van der Waals surface area contributed by atoms with Crippen LogP contribution in [0.2, 0.25) is 5.15 Å². The van der Waals surface area contributed by atoms with Crippen LogP contribution in [0, 0.1) is 6.92 Å². The number of halogens is 1. The minimum Gasteiger partial charge on any atom is -0.347 e. The quantitative estimate of drug-likeness (QED) is 0.616. The monoisotopic (exact) mass is 240 g/mol. The van der Waals surface area contributed by atoms with Gasteiger partial charge in [0.1, 0.15) is 5.15 Å². The maximum Gasteiger partial charge on any atom is 0.129 e. The third-order valence-electron chi connectivity index (χ3n) is 2.14. The molecule has 0 saturated heterocycles. The predicted octanol–water partition coefficient (Wildman–Crippen LogP) is 4.59. The molecular formula is C13H21ClN2. The summed E-state index contributed by atoms with van der Waals surface area (Å²) in [7, 11) is 2.02. The van der Waals surface area contributed by atoms with E-state index < -0.39 is 0 Å². The fourth-order valence-electron chi connectivity index (χ4n) is 1.34. The highest BCUT2D eigenvalue weighted by molar-refractivity contribution is 6.30. The minimum absolute atomic E-state index is 0.549. The summed E-state index contributed by atoms with van der Waals surface area (Å²) < 4.78 is 2.10. The van der Waals surface area contributed by atoms with E-state index in [1.54, 1.807) is 6.20 Å². The predicted molar refractivity (Wildman–Crippen MR) is 73.2 cm³/mol. The Morgan fingerprint density at radius 3 is 2.25 bits per heavy atom. The number of fused-ring (bicyclic) bond motifs is 1. The van der Waals surface area contributed by atoms with Crippen LogP contribution in [0.25, 0.3) is 10.9 Å². The molecule has 0 aliphatic heterocycles. The van der Waals surface area contributed by atoms with Crippen molar-refractivity contribution in [2.45, 2.75) is 34.6 Å². The molecule has 2 heterocycles. The van der Waals surface area contributed by atoms with E-state index in [0.717, 1.165) is 10.9 Å². The topological polar surface area (TPSA) is 17.8 Å². The Kier molecular flexibility index (Phi) is 6.82. The third kappa shape index (κ3) is 3.24. The normalized spacial score (nSPS) is 8.94. The molecule has 16 heavy (non-hydrogen) atoms. The van der Waals surface area contributed by atoms with Crippen molar-refractivity contribution < 1.29 is 0 Å². The number of hydrogen-bond donors (Lipinski definition) is 0.